The van der Waals surface area contributed by atoms with Crippen LogP contribution < -0.4 is 5.73 Å². The lowest BCUT2D eigenvalue weighted by molar-refractivity contribution is 1.23. The van der Waals surface area contributed by atoms with Crippen molar-refractivity contribution >= 4 is 29.1 Å². The van der Waals surface area contributed by atoms with Gasteiger partial charge >= 0.3 is 0 Å². The van der Waals surface area contributed by atoms with Crippen molar-refractivity contribution in [1.82, 2.24) is 9.97 Å². The molecule has 0 spiro atoms. The largest absolute Gasteiger partial charge is 0.383 e. The minimum absolute atomic E-state index is 0. The third kappa shape index (κ3) is 2.51. The predicted octanol–water partition coefficient (Wildman–Crippen LogP) is 3.61. The molecule has 0 saturated carbocycles. The second kappa shape index (κ2) is 5.24. The maximum atomic E-state index is 5.97. The van der Waals surface area contributed by atoms with Crippen molar-refractivity contribution in [2.24, 2.45) is 0 Å². The minimum Gasteiger partial charge on any atom is -0.383 e. The first-order valence-corrected chi connectivity index (χ1v) is 5.83. The van der Waals surface area contributed by atoms with E-state index in [1.165, 1.54) is 5.56 Å². The van der Waals surface area contributed by atoms with Crippen molar-refractivity contribution in [3.8, 4) is 11.4 Å². The molecule has 3 rings (SSSR count). The van der Waals surface area contributed by atoms with Gasteiger partial charge in [-0.2, -0.15) is 0 Å². The van der Waals surface area contributed by atoms with Gasteiger partial charge in [0.1, 0.15) is 5.82 Å². The lowest BCUT2D eigenvalue weighted by Crippen LogP contribution is -1.97. The molecule has 0 aliphatic heterocycles. The normalized spacial score (nSPS) is 10.2. The number of hydrogen-bond acceptors (Lipinski definition) is 3. The summed E-state index contributed by atoms with van der Waals surface area (Å²) in [6.45, 7) is 2.05. The second-order valence-corrected chi connectivity index (χ2v) is 4.32. The van der Waals surface area contributed by atoms with E-state index < -0.39 is 0 Å². The van der Waals surface area contributed by atoms with Crippen LogP contribution in [0.5, 0.6) is 0 Å². The van der Waals surface area contributed by atoms with Crippen LogP contribution in [0.3, 0.4) is 0 Å². The lowest BCUT2D eigenvalue weighted by Gasteiger charge is -2.05. The molecule has 96 valence electrons. The zero-order valence-corrected chi connectivity index (χ0v) is 11.3. The van der Waals surface area contributed by atoms with Gasteiger partial charge in [-0.3, -0.25) is 0 Å². The van der Waals surface area contributed by atoms with Gasteiger partial charge in [0, 0.05) is 10.9 Å². The number of aromatic nitrogens is 2. The van der Waals surface area contributed by atoms with Crippen LogP contribution in [0.25, 0.3) is 22.3 Å². The molecule has 0 atom stereocenters. The van der Waals surface area contributed by atoms with E-state index in [0.29, 0.717) is 11.6 Å². The third-order valence-corrected chi connectivity index (χ3v) is 2.94. The summed E-state index contributed by atoms with van der Waals surface area (Å²) in [4.78, 5) is 8.91. The highest BCUT2D eigenvalue weighted by molar-refractivity contribution is 5.89. The van der Waals surface area contributed by atoms with E-state index in [2.05, 4.69) is 16.9 Å². The lowest BCUT2D eigenvalue weighted by atomic mass is 10.1. The topological polar surface area (TPSA) is 51.8 Å². The molecule has 0 amide bonds. The Morgan fingerprint density at radius 3 is 2.32 bits per heavy atom. The van der Waals surface area contributed by atoms with E-state index in [1.54, 1.807) is 0 Å². The first kappa shape index (κ1) is 13.3. The molecule has 0 saturated heterocycles. The smallest absolute Gasteiger partial charge is 0.162 e. The van der Waals surface area contributed by atoms with Crippen molar-refractivity contribution in [1.29, 1.82) is 0 Å². The molecule has 0 unspecified atom stereocenters. The molecule has 0 bridgehead atoms. The summed E-state index contributed by atoms with van der Waals surface area (Å²) < 4.78 is 0. The monoisotopic (exact) mass is 271 g/mol. The molecule has 0 radical (unpaired) electrons. The van der Waals surface area contributed by atoms with Crippen molar-refractivity contribution in [2.45, 2.75) is 6.92 Å². The Bertz CT molecular complexity index is 708. The first-order chi connectivity index (χ1) is 8.74. The summed E-state index contributed by atoms with van der Waals surface area (Å²) in [7, 11) is 0. The van der Waals surface area contributed by atoms with E-state index in [1.807, 2.05) is 48.5 Å². The SMILES string of the molecule is Cc1ccc(-c2nc(N)c3ccccc3n2)cc1.Cl. The Labute approximate surface area is 117 Å². The Morgan fingerprint density at radius 1 is 0.895 bits per heavy atom. The molecule has 1 heterocycles. The Balaban J connectivity index is 0.00000133. The molecule has 2 N–H and O–H groups in total. The fraction of sp³-hybridized carbons (Fsp3) is 0.0667. The van der Waals surface area contributed by atoms with Crippen LogP contribution in [0, 0.1) is 6.92 Å². The standard InChI is InChI=1S/C15H13N3.ClH/c1-10-6-8-11(9-7-10)15-17-13-5-3-2-4-12(13)14(16)18-15;/h2-9H,1H3,(H2,16,17,18);1H. The molecular formula is C15H14ClN3. The highest BCUT2D eigenvalue weighted by atomic mass is 35.5. The number of hydrogen-bond donors (Lipinski definition) is 1. The number of nitrogens with two attached hydrogens (primary N) is 1. The maximum absolute atomic E-state index is 5.97. The molecule has 3 nitrogen and oxygen atoms in total. The van der Waals surface area contributed by atoms with Crippen LogP contribution in [-0.4, -0.2) is 9.97 Å². The molecule has 3 aromatic rings. The Morgan fingerprint density at radius 2 is 1.58 bits per heavy atom. The summed E-state index contributed by atoms with van der Waals surface area (Å²) in [6.07, 6.45) is 0. The van der Waals surface area contributed by atoms with Crippen LogP contribution >= 0.6 is 12.4 Å². The number of anilines is 1. The zero-order valence-electron chi connectivity index (χ0n) is 10.5. The van der Waals surface area contributed by atoms with Crippen molar-refractivity contribution < 1.29 is 0 Å². The Kier molecular flexibility index (Phi) is 3.67. The van der Waals surface area contributed by atoms with Crippen molar-refractivity contribution in [2.75, 3.05) is 5.73 Å². The number of halogens is 1. The minimum atomic E-state index is 0. The summed E-state index contributed by atoms with van der Waals surface area (Å²) in [5.41, 5.74) is 9.05. The van der Waals surface area contributed by atoms with Crippen molar-refractivity contribution in [3.63, 3.8) is 0 Å². The second-order valence-electron chi connectivity index (χ2n) is 4.32. The molecule has 19 heavy (non-hydrogen) atoms. The van der Waals surface area contributed by atoms with Gasteiger partial charge in [0.05, 0.1) is 5.52 Å². The van der Waals surface area contributed by atoms with Gasteiger partial charge in [0.25, 0.3) is 0 Å². The maximum Gasteiger partial charge on any atom is 0.162 e. The molecule has 0 fully saturated rings. The summed E-state index contributed by atoms with van der Waals surface area (Å²) >= 11 is 0. The van der Waals surface area contributed by atoms with E-state index in [9.17, 15) is 0 Å². The van der Waals surface area contributed by atoms with Crippen LogP contribution in [0.4, 0.5) is 5.82 Å². The van der Waals surface area contributed by atoms with Gasteiger partial charge in [-0.1, -0.05) is 42.0 Å². The van der Waals surface area contributed by atoms with Gasteiger partial charge in [-0.05, 0) is 19.1 Å². The van der Waals surface area contributed by atoms with Crippen LogP contribution in [0.15, 0.2) is 48.5 Å². The molecular weight excluding hydrogens is 258 g/mol. The average molecular weight is 272 g/mol. The number of nitrogens with zero attached hydrogens (tertiary/aromatic N) is 2. The highest BCUT2D eigenvalue weighted by Crippen LogP contribution is 2.22. The summed E-state index contributed by atoms with van der Waals surface area (Å²) in [5, 5.41) is 0.897. The van der Waals surface area contributed by atoms with E-state index in [4.69, 9.17) is 5.73 Å². The highest BCUT2D eigenvalue weighted by Gasteiger charge is 2.06. The molecule has 1 aromatic heterocycles. The molecule has 4 heteroatoms. The average Bonchev–Trinajstić information content (AvgIpc) is 2.39. The first-order valence-electron chi connectivity index (χ1n) is 5.83. The van der Waals surface area contributed by atoms with Crippen LogP contribution in [0.1, 0.15) is 5.56 Å². The number of rotatable bonds is 1. The molecule has 2 aromatic carbocycles. The third-order valence-electron chi connectivity index (χ3n) is 2.94. The number of benzene rings is 2. The van der Waals surface area contributed by atoms with Gasteiger partial charge in [-0.15, -0.1) is 12.4 Å². The van der Waals surface area contributed by atoms with E-state index in [-0.39, 0.29) is 12.4 Å². The number of para-hydroxylation sites is 1. The van der Waals surface area contributed by atoms with Gasteiger partial charge in [-0.25, -0.2) is 9.97 Å². The van der Waals surface area contributed by atoms with Crippen molar-refractivity contribution in [3.05, 3.63) is 54.1 Å². The Hall–Kier alpha value is -2.13. The van der Waals surface area contributed by atoms with Gasteiger partial charge in [0.2, 0.25) is 0 Å². The quantitative estimate of drug-likeness (QED) is 0.736. The van der Waals surface area contributed by atoms with Crippen LogP contribution in [-0.2, 0) is 0 Å². The fourth-order valence-electron chi connectivity index (χ4n) is 1.93. The predicted molar refractivity (Wildman–Crippen MR) is 81.4 cm³/mol. The van der Waals surface area contributed by atoms with Gasteiger partial charge in [0.15, 0.2) is 5.82 Å². The number of aryl methyl sites for hydroxylation is 1. The van der Waals surface area contributed by atoms with E-state index >= 15 is 0 Å². The van der Waals surface area contributed by atoms with Gasteiger partial charge < -0.3 is 5.73 Å². The van der Waals surface area contributed by atoms with E-state index in [0.717, 1.165) is 16.5 Å². The molecule has 0 aliphatic rings. The zero-order chi connectivity index (χ0) is 12.5. The summed E-state index contributed by atoms with van der Waals surface area (Å²) in [5.74, 6) is 1.20. The van der Waals surface area contributed by atoms with Crippen LogP contribution in [0.2, 0.25) is 0 Å². The summed E-state index contributed by atoms with van der Waals surface area (Å²) in [6, 6.07) is 15.9. The number of fused-ring (bicyclic) bond motifs is 1. The fourth-order valence-corrected chi connectivity index (χ4v) is 1.93. The number of nitrogen functional groups attached to an aromatic ring is 1. The molecule has 0 aliphatic carbocycles.